The first-order valence-corrected chi connectivity index (χ1v) is 7.55. The summed E-state index contributed by atoms with van der Waals surface area (Å²) >= 11 is 0. The number of nitrogens with zero attached hydrogens (tertiary/aromatic N) is 4. The first kappa shape index (κ1) is 14.1. The number of ether oxygens (including phenoxy) is 1. The van der Waals surface area contributed by atoms with E-state index in [2.05, 4.69) is 37.3 Å². The molecule has 3 heterocycles. The fourth-order valence-corrected chi connectivity index (χ4v) is 2.61. The summed E-state index contributed by atoms with van der Waals surface area (Å²) in [4.78, 5) is 11.2. The summed E-state index contributed by atoms with van der Waals surface area (Å²) < 4.78 is 5.71. The molecule has 0 amide bonds. The number of nitrogens with one attached hydrogen (secondary N) is 2. The minimum atomic E-state index is 0.291. The van der Waals surface area contributed by atoms with Gasteiger partial charge in [-0.25, -0.2) is 0 Å². The van der Waals surface area contributed by atoms with E-state index in [1.54, 1.807) is 6.20 Å². The number of fused-ring (bicyclic) bond motifs is 1. The summed E-state index contributed by atoms with van der Waals surface area (Å²) in [6.45, 7) is 4.68. The second-order valence-electron chi connectivity index (χ2n) is 5.45. The van der Waals surface area contributed by atoms with E-state index in [1.807, 2.05) is 7.05 Å². The molecule has 114 valence electrons. The van der Waals surface area contributed by atoms with Crippen molar-refractivity contribution in [3.8, 4) is 0 Å². The van der Waals surface area contributed by atoms with Crippen LogP contribution < -0.4 is 10.2 Å². The third kappa shape index (κ3) is 3.07. The maximum atomic E-state index is 5.71. The quantitative estimate of drug-likeness (QED) is 0.844. The zero-order chi connectivity index (χ0) is 14.7. The lowest BCUT2D eigenvalue weighted by Crippen LogP contribution is -2.29. The highest BCUT2D eigenvalue weighted by molar-refractivity contribution is 5.87. The average Bonchev–Trinajstić information content (AvgIpc) is 3.14. The maximum absolute atomic E-state index is 5.71. The van der Waals surface area contributed by atoms with Gasteiger partial charge >= 0.3 is 0 Å². The van der Waals surface area contributed by atoms with Gasteiger partial charge in [-0.15, -0.1) is 0 Å². The Labute approximate surface area is 124 Å². The van der Waals surface area contributed by atoms with Crippen molar-refractivity contribution in [1.29, 1.82) is 0 Å². The smallest absolute Gasteiger partial charge is 0.226 e. The van der Waals surface area contributed by atoms with Crippen LogP contribution in [0.25, 0.3) is 11.0 Å². The van der Waals surface area contributed by atoms with Gasteiger partial charge in [0.25, 0.3) is 0 Å². The van der Waals surface area contributed by atoms with Gasteiger partial charge in [0.1, 0.15) is 5.82 Å². The number of H-pyrrole nitrogens is 1. The lowest BCUT2D eigenvalue weighted by Gasteiger charge is -2.22. The third-order valence-corrected chi connectivity index (χ3v) is 3.69. The lowest BCUT2D eigenvalue weighted by molar-refractivity contribution is 0.116. The summed E-state index contributed by atoms with van der Waals surface area (Å²) in [5.74, 6) is 1.53. The van der Waals surface area contributed by atoms with Crippen molar-refractivity contribution in [3.05, 3.63) is 6.20 Å². The van der Waals surface area contributed by atoms with Gasteiger partial charge in [0.2, 0.25) is 5.95 Å². The van der Waals surface area contributed by atoms with Crippen LogP contribution in [0.3, 0.4) is 0 Å². The van der Waals surface area contributed by atoms with Gasteiger partial charge in [-0.3, -0.25) is 5.10 Å². The van der Waals surface area contributed by atoms with Gasteiger partial charge in [-0.1, -0.05) is 6.92 Å². The topological polar surface area (TPSA) is 79.0 Å². The van der Waals surface area contributed by atoms with Gasteiger partial charge in [-0.2, -0.15) is 15.1 Å². The number of aromatic nitrogens is 4. The molecule has 2 aromatic heterocycles. The summed E-state index contributed by atoms with van der Waals surface area (Å²) in [5.41, 5.74) is 0.762. The van der Waals surface area contributed by atoms with E-state index in [0.29, 0.717) is 12.1 Å². The first-order chi connectivity index (χ1) is 10.3. The van der Waals surface area contributed by atoms with Crippen LogP contribution in [0.2, 0.25) is 0 Å². The second kappa shape index (κ2) is 6.26. The molecule has 1 aliphatic rings. The molecule has 1 atom stereocenters. The molecule has 2 N–H and O–H groups in total. The molecule has 0 spiro atoms. The van der Waals surface area contributed by atoms with Gasteiger partial charge in [0.15, 0.2) is 5.65 Å². The number of rotatable bonds is 6. The number of likely N-dealkylation sites (N-methyl/N-ethyl adjacent to an activating group) is 1. The number of hydrogen-bond acceptors (Lipinski definition) is 6. The molecule has 7 nitrogen and oxygen atoms in total. The van der Waals surface area contributed by atoms with Gasteiger partial charge in [0.05, 0.1) is 17.7 Å². The van der Waals surface area contributed by atoms with Crippen LogP contribution in [0.5, 0.6) is 0 Å². The fourth-order valence-electron chi connectivity index (χ4n) is 2.61. The normalized spacial score (nSPS) is 18.3. The van der Waals surface area contributed by atoms with Crippen LogP contribution in [0.4, 0.5) is 11.8 Å². The summed E-state index contributed by atoms with van der Waals surface area (Å²) in [6.07, 6.45) is 5.36. The molecule has 0 aromatic carbocycles. The van der Waals surface area contributed by atoms with Gasteiger partial charge in [0, 0.05) is 26.7 Å². The molecular formula is C14H22N6O. The molecule has 1 saturated heterocycles. The van der Waals surface area contributed by atoms with Crippen LogP contribution in [-0.4, -0.2) is 53.0 Å². The Kier molecular flexibility index (Phi) is 4.19. The summed E-state index contributed by atoms with van der Waals surface area (Å²) in [6, 6.07) is 0. The van der Waals surface area contributed by atoms with Crippen LogP contribution in [0.15, 0.2) is 6.20 Å². The molecule has 0 aliphatic carbocycles. The van der Waals surface area contributed by atoms with E-state index in [9.17, 15) is 0 Å². The molecule has 3 rings (SSSR count). The zero-order valence-corrected chi connectivity index (χ0v) is 12.6. The van der Waals surface area contributed by atoms with Crippen molar-refractivity contribution in [2.45, 2.75) is 32.3 Å². The molecule has 21 heavy (non-hydrogen) atoms. The van der Waals surface area contributed by atoms with Crippen molar-refractivity contribution < 1.29 is 4.74 Å². The van der Waals surface area contributed by atoms with Crippen LogP contribution >= 0.6 is 0 Å². The van der Waals surface area contributed by atoms with E-state index in [1.165, 1.54) is 0 Å². The minimum absolute atomic E-state index is 0.291. The van der Waals surface area contributed by atoms with Crippen LogP contribution in [-0.2, 0) is 4.74 Å². The monoisotopic (exact) mass is 290 g/mol. The molecule has 1 unspecified atom stereocenters. The summed E-state index contributed by atoms with van der Waals surface area (Å²) in [7, 11) is 2.04. The van der Waals surface area contributed by atoms with E-state index >= 15 is 0 Å². The van der Waals surface area contributed by atoms with Gasteiger partial charge in [-0.05, 0) is 19.3 Å². The van der Waals surface area contributed by atoms with Crippen molar-refractivity contribution >= 4 is 22.8 Å². The largest absolute Gasteiger partial charge is 0.376 e. The molecule has 1 aliphatic heterocycles. The molecule has 7 heteroatoms. The summed E-state index contributed by atoms with van der Waals surface area (Å²) in [5, 5.41) is 11.2. The first-order valence-electron chi connectivity index (χ1n) is 7.55. The predicted octanol–water partition coefficient (Wildman–Crippen LogP) is 1.79. The van der Waals surface area contributed by atoms with E-state index in [0.717, 1.165) is 55.8 Å². The Bertz CT molecular complexity index is 592. The maximum Gasteiger partial charge on any atom is 0.226 e. The lowest BCUT2D eigenvalue weighted by atomic mass is 10.2. The molecular weight excluding hydrogens is 268 g/mol. The fraction of sp³-hybridized carbons (Fsp3) is 0.643. The Morgan fingerprint density at radius 2 is 2.38 bits per heavy atom. The van der Waals surface area contributed by atoms with E-state index < -0.39 is 0 Å². The highest BCUT2D eigenvalue weighted by Gasteiger charge is 2.20. The Morgan fingerprint density at radius 1 is 1.48 bits per heavy atom. The zero-order valence-electron chi connectivity index (χ0n) is 12.6. The van der Waals surface area contributed by atoms with Crippen molar-refractivity contribution in [2.75, 3.05) is 37.0 Å². The van der Waals surface area contributed by atoms with Gasteiger partial charge < -0.3 is 15.0 Å². The average molecular weight is 290 g/mol. The molecule has 0 saturated carbocycles. The van der Waals surface area contributed by atoms with E-state index in [-0.39, 0.29) is 0 Å². The second-order valence-corrected chi connectivity index (χ2v) is 5.45. The SMILES string of the molecule is CCCNc1nc(N(C)CC2CCCO2)c2cn[nH]c2n1. The van der Waals surface area contributed by atoms with Crippen molar-refractivity contribution in [3.63, 3.8) is 0 Å². The van der Waals surface area contributed by atoms with Crippen LogP contribution in [0.1, 0.15) is 26.2 Å². The highest BCUT2D eigenvalue weighted by Crippen LogP contribution is 2.24. The Balaban J connectivity index is 1.85. The Hall–Kier alpha value is -1.89. The third-order valence-electron chi connectivity index (χ3n) is 3.69. The number of aromatic amines is 1. The van der Waals surface area contributed by atoms with E-state index in [4.69, 9.17) is 4.74 Å². The van der Waals surface area contributed by atoms with Crippen molar-refractivity contribution in [1.82, 2.24) is 20.2 Å². The van der Waals surface area contributed by atoms with Crippen molar-refractivity contribution in [2.24, 2.45) is 0 Å². The molecule has 1 fully saturated rings. The standard InChI is InChI=1S/C14H22N6O/c1-3-6-15-14-17-12-11(8-16-19-12)13(18-14)20(2)9-10-5-4-7-21-10/h8,10H,3-7,9H2,1-2H3,(H2,15,16,17,18,19). The number of anilines is 2. The van der Waals surface area contributed by atoms with Crippen LogP contribution in [0, 0.1) is 0 Å². The highest BCUT2D eigenvalue weighted by atomic mass is 16.5. The molecule has 0 radical (unpaired) electrons. The molecule has 0 bridgehead atoms. The number of hydrogen-bond donors (Lipinski definition) is 2. The minimum Gasteiger partial charge on any atom is -0.376 e. The predicted molar refractivity (Wildman–Crippen MR) is 82.7 cm³/mol. The Morgan fingerprint density at radius 3 is 3.14 bits per heavy atom. The molecule has 2 aromatic rings.